The second kappa shape index (κ2) is 4.23. The summed E-state index contributed by atoms with van der Waals surface area (Å²) >= 11 is 0. The van der Waals surface area contributed by atoms with Gasteiger partial charge < -0.3 is 5.73 Å². The van der Waals surface area contributed by atoms with Crippen molar-refractivity contribution in [2.24, 2.45) is 5.73 Å². The molecule has 0 aromatic carbocycles. The van der Waals surface area contributed by atoms with Crippen molar-refractivity contribution in [1.29, 1.82) is 0 Å². The topological polar surface area (TPSA) is 43.1 Å². The first-order valence-electron chi connectivity index (χ1n) is 3.55. The Morgan fingerprint density at radius 3 is 2.50 bits per heavy atom. The number of nitrogens with two attached hydrogens (primary N) is 1. The molecule has 0 bridgehead atoms. The van der Waals surface area contributed by atoms with Gasteiger partial charge in [-0.3, -0.25) is 4.79 Å². The highest BCUT2D eigenvalue weighted by Crippen LogP contribution is 2.00. The lowest BCUT2D eigenvalue weighted by atomic mass is 10.0. The van der Waals surface area contributed by atoms with Gasteiger partial charge in [0.15, 0.2) is 5.78 Å². The van der Waals surface area contributed by atoms with Gasteiger partial charge in [-0.15, -0.1) is 0 Å². The predicted molar refractivity (Wildman–Crippen MR) is 42.7 cm³/mol. The molecule has 0 fully saturated rings. The van der Waals surface area contributed by atoms with Gasteiger partial charge >= 0.3 is 0 Å². The summed E-state index contributed by atoms with van der Waals surface area (Å²) in [5.41, 5.74) is 6.07. The molecule has 0 unspecified atom stereocenters. The Kier molecular flexibility index (Phi) is 3.96. The molecule has 2 heteroatoms. The molecule has 0 rings (SSSR count). The van der Waals surface area contributed by atoms with Crippen molar-refractivity contribution in [3.63, 3.8) is 0 Å². The van der Waals surface area contributed by atoms with Crippen molar-refractivity contribution in [2.45, 2.75) is 32.7 Å². The largest absolute Gasteiger partial charge is 0.321 e. The first-order chi connectivity index (χ1) is 4.59. The Labute approximate surface area is 62.1 Å². The standard InChI is InChI=1S/C8H15NO/c1-4-5-7(9)8(10)6(2)3/h7H,2,4-5,9H2,1,3H3/t7-/m0/s1. The van der Waals surface area contributed by atoms with Crippen LogP contribution in [-0.4, -0.2) is 11.8 Å². The summed E-state index contributed by atoms with van der Waals surface area (Å²) in [5, 5.41) is 0. The summed E-state index contributed by atoms with van der Waals surface area (Å²) in [6, 6.07) is -0.331. The maximum absolute atomic E-state index is 11.0. The fraction of sp³-hybridized carbons (Fsp3) is 0.625. The van der Waals surface area contributed by atoms with Gasteiger partial charge in [0.25, 0.3) is 0 Å². The normalized spacial score (nSPS) is 12.7. The summed E-state index contributed by atoms with van der Waals surface area (Å²) in [5.74, 6) is -0.0122. The van der Waals surface area contributed by atoms with E-state index in [9.17, 15) is 4.79 Å². The highest BCUT2D eigenvalue weighted by molar-refractivity contribution is 5.98. The molecule has 0 amide bonds. The van der Waals surface area contributed by atoms with Crippen molar-refractivity contribution in [3.8, 4) is 0 Å². The first kappa shape index (κ1) is 9.37. The second-order valence-electron chi connectivity index (χ2n) is 2.54. The maximum Gasteiger partial charge on any atom is 0.174 e. The molecule has 0 saturated carbocycles. The van der Waals surface area contributed by atoms with Gasteiger partial charge in [-0.1, -0.05) is 19.9 Å². The second-order valence-corrected chi connectivity index (χ2v) is 2.54. The molecular weight excluding hydrogens is 126 g/mol. The Bertz CT molecular complexity index is 140. The van der Waals surface area contributed by atoms with E-state index in [0.29, 0.717) is 5.57 Å². The minimum Gasteiger partial charge on any atom is -0.321 e. The van der Waals surface area contributed by atoms with Crippen LogP contribution in [0.4, 0.5) is 0 Å². The molecule has 2 N–H and O–H groups in total. The zero-order chi connectivity index (χ0) is 8.15. The van der Waals surface area contributed by atoms with Gasteiger partial charge in [0.2, 0.25) is 0 Å². The smallest absolute Gasteiger partial charge is 0.174 e. The third kappa shape index (κ3) is 2.78. The van der Waals surface area contributed by atoms with Crippen LogP contribution in [0.1, 0.15) is 26.7 Å². The monoisotopic (exact) mass is 141 g/mol. The van der Waals surface area contributed by atoms with Crippen LogP contribution in [0, 0.1) is 0 Å². The van der Waals surface area contributed by atoms with E-state index in [1.54, 1.807) is 6.92 Å². The third-order valence-electron chi connectivity index (χ3n) is 1.36. The maximum atomic E-state index is 11.0. The van der Waals surface area contributed by atoms with Gasteiger partial charge in [0, 0.05) is 0 Å². The zero-order valence-electron chi connectivity index (χ0n) is 6.68. The number of carbonyl (C=O) groups excluding carboxylic acids is 1. The van der Waals surface area contributed by atoms with Crippen molar-refractivity contribution in [1.82, 2.24) is 0 Å². The molecule has 0 heterocycles. The lowest BCUT2D eigenvalue weighted by molar-refractivity contribution is -0.116. The van der Waals surface area contributed by atoms with E-state index >= 15 is 0 Å². The predicted octanol–water partition coefficient (Wildman–Crippen LogP) is 1.26. The van der Waals surface area contributed by atoms with E-state index in [1.807, 2.05) is 6.92 Å². The first-order valence-corrected chi connectivity index (χ1v) is 3.55. The average molecular weight is 141 g/mol. The molecule has 0 aromatic rings. The molecule has 10 heavy (non-hydrogen) atoms. The van der Waals surface area contributed by atoms with Crippen LogP contribution in [0.15, 0.2) is 12.2 Å². The highest BCUT2D eigenvalue weighted by atomic mass is 16.1. The molecule has 0 aliphatic heterocycles. The zero-order valence-corrected chi connectivity index (χ0v) is 6.68. The van der Waals surface area contributed by atoms with Gasteiger partial charge in [-0.25, -0.2) is 0 Å². The molecule has 0 aliphatic rings. The van der Waals surface area contributed by atoms with Gasteiger partial charge in [0.1, 0.15) is 0 Å². The van der Waals surface area contributed by atoms with Crippen LogP contribution in [0.5, 0.6) is 0 Å². The lowest BCUT2D eigenvalue weighted by Crippen LogP contribution is -2.30. The number of carbonyl (C=O) groups is 1. The summed E-state index contributed by atoms with van der Waals surface area (Å²) in [7, 11) is 0. The summed E-state index contributed by atoms with van der Waals surface area (Å²) < 4.78 is 0. The van der Waals surface area contributed by atoms with E-state index in [2.05, 4.69) is 6.58 Å². The van der Waals surface area contributed by atoms with E-state index in [1.165, 1.54) is 0 Å². The molecule has 0 radical (unpaired) electrons. The average Bonchev–Trinajstić information content (AvgIpc) is 1.87. The quantitative estimate of drug-likeness (QED) is 0.599. The molecule has 0 aliphatic carbocycles. The fourth-order valence-corrected chi connectivity index (χ4v) is 0.759. The third-order valence-corrected chi connectivity index (χ3v) is 1.36. The van der Waals surface area contributed by atoms with Crippen LogP contribution >= 0.6 is 0 Å². The summed E-state index contributed by atoms with van der Waals surface area (Å²) in [4.78, 5) is 11.0. The number of hydrogen-bond donors (Lipinski definition) is 1. The van der Waals surface area contributed by atoms with Crippen molar-refractivity contribution < 1.29 is 4.79 Å². The van der Waals surface area contributed by atoms with Crippen LogP contribution in [-0.2, 0) is 4.79 Å². The molecule has 2 nitrogen and oxygen atoms in total. The van der Waals surface area contributed by atoms with Gasteiger partial charge in [-0.2, -0.15) is 0 Å². The Morgan fingerprint density at radius 1 is 1.70 bits per heavy atom. The van der Waals surface area contributed by atoms with Crippen LogP contribution < -0.4 is 5.73 Å². The van der Waals surface area contributed by atoms with Crippen LogP contribution in [0.3, 0.4) is 0 Å². The van der Waals surface area contributed by atoms with Crippen LogP contribution in [0.25, 0.3) is 0 Å². The van der Waals surface area contributed by atoms with Gasteiger partial charge in [0.05, 0.1) is 6.04 Å². The number of rotatable bonds is 4. The lowest BCUT2D eigenvalue weighted by Gasteiger charge is -2.07. The molecule has 0 aromatic heterocycles. The SMILES string of the molecule is C=C(C)C(=O)[C@@H](N)CCC. The van der Waals surface area contributed by atoms with E-state index < -0.39 is 0 Å². The van der Waals surface area contributed by atoms with Gasteiger partial charge in [-0.05, 0) is 18.9 Å². The molecular formula is C8H15NO. The highest BCUT2D eigenvalue weighted by Gasteiger charge is 2.11. The molecule has 0 saturated heterocycles. The van der Waals surface area contributed by atoms with E-state index in [0.717, 1.165) is 12.8 Å². The summed E-state index contributed by atoms with van der Waals surface area (Å²) in [6.07, 6.45) is 1.70. The Balaban J connectivity index is 3.82. The number of hydrogen-bond acceptors (Lipinski definition) is 2. The van der Waals surface area contributed by atoms with Crippen molar-refractivity contribution in [2.75, 3.05) is 0 Å². The molecule has 1 atom stereocenters. The van der Waals surface area contributed by atoms with E-state index in [4.69, 9.17) is 5.73 Å². The van der Waals surface area contributed by atoms with Crippen molar-refractivity contribution in [3.05, 3.63) is 12.2 Å². The number of ketones is 1. The molecule has 58 valence electrons. The molecule has 0 spiro atoms. The Hall–Kier alpha value is -0.630. The van der Waals surface area contributed by atoms with Crippen molar-refractivity contribution >= 4 is 5.78 Å². The fourth-order valence-electron chi connectivity index (χ4n) is 0.759. The number of Topliss-reactive ketones (excluding diaryl/α,β-unsaturated/α-hetero) is 1. The summed E-state index contributed by atoms with van der Waals surface area (Å²) in [6.45, 7) is 7.23. The minimum absolute atomic E-state index is 0.0122. The van der Waals surface area contributed by atoms with E-state index in [-0.39, 0.29) is 11.8 Å². The minimum atomic E-state index is -0.331. The van der Waals surface area contributed by atoms with Crippen LogP contribution in [0.2, 0.25) is 0 Å². The Morgan fingerprint density at radius 2 is 2.20 bits per heavy atom.